The van der Waals surface area contributed by atoms with Crippen LogP contribution in [0.4, 0.5) is 4.39 Å². The smallest absolute Gasteiger partial charge is 0.271 e. The zero-order valence-corrected chi connectivity index (χ0v) is 14.0. The van der Waals surface area contributed by atoms with Gasteiger partial charge in [0.25, 0.3) is 5.91 Å². The van der Waals surface area contributed by atoms with Crippen LogP contribution < -0.4 is 5.32 Å². The topological polar surface area (TPSA) is 78.0 Å². The Balaban J connectivity index is 1.66. The Kier molecular flexibility index (Phi) is 4.26. The Labute approximate surface area is 149 Å². The summed E-state index contributed by atoms with van der Waals surface area (Å²) >= 11 is 0. The monoisotopic (exact) mass is 351 g/mol. The van der Waals surface area contributed by atoms with Gasteiger partial charge < -0.3 is 15.4 Å². The second-order valence-electron chi connectivity index (χ2n) is 6.43. The van der Waals surface area contributed by atoms with Gasteiger partial charge in [0.2, 0.25) is 0 Å². The molecule has 0 unspecified atom stereocenters. The number of aromatic amines is 1. The molecule has 1 amide bonds. The predicted molar refractivity (Wildman–Crippen MR) is 95.1 cm³/mol. The predicted octanol–water partition coefficient (Wildman–Crippen LogP) is 2.78. The number of nitrogens with zero attached hydrogens (tertiary/aromatic N) is 1. The zero-order chi connectivity index (χ0) is 18.1. The van der Waals surface area contributed by atoms with Crippen LogP contribution in [0.2, 0.25) is 0 Å². The Morgan fingerprint density at radius 2 is 1.85 bits per heavy atom. The van der Waals surface area contributed by atoms with Gasteiger partial charge in [-0.1, -0.05) is 36.4 Å². The fraction of sp³-hybridized carbons (Fsp3) is 0.200. The lowest BCUT2D eigenvalue weighted by atomic mass is 9.94. The number of aliphatic hydroxyl groups is 1. The van der Waals surface area contributed by atoms with Gasteiger partial charge in [0.1, 0.15) is 17.3 Å². The van der Waals surface area contributed by atoms with Crippen molar-refractivity contribution in [3.05, 3.63) is 76.9 Å². The van der Waals surface area contributed by atoms with Crippen LogP contribution in [0.3, 0.4) is 0 Å². The molecule has 0 aliphatic carbocycles. The van der Waals surface area contributed by atoms with Gasteiger partial charge in [-0.3, -0.25) is 4.79 Å². The zero-order valence-electron chi connectivity index (χ0n) is 14.0. The molecule has 4 rings (SSSR count). The summed E-state index contributed by atoms with van der Waals surface area (Å²) in [7, 11) is 0. The first kappa shape index (κ1) is 16.5. The molecule has 1 aromatic heterocycles. The van der Waals surface area contributed by atoms with Crippen LogP contribution in [0, 0.1) is 5.82 Å². The fourth-order valence-electron chi connectivity index (χ4n) is 3.24. The highest BCUT2D eigenvalue weighted by Crippen LogP contribution is 2.27. The summed E-state index contributed by atoms with van der Waals surface area (Å²) < 4.78 is 13.2. The number of benzene rings is 2. The molecule has 0 saturated heterocycles. The molecule has 0 radical (unpaired) electrons. The average molecular weight is 351 g/mol. The average Bonchev–Trinajstić information content (AvgIpc) is 3.03. The number of hydrogen-bond donors (Lipinski definition) is 3. The fourth-order valence-corrected chi connectivity index (χ4v) is 3.24. The van der Waals surface area contributed by atoms with Gasteiger partial charge in [-0.05, 0) is 29.7 Å². The molecule has 0 fully saturated rings. The van der Waals surface area contributed by atoms with Crippen molar-refractivity contribution >= 4 is 5.91 Å². The lowest BCUT2D eigenvalue weighted by Crippen LogP contribution is -2.26. The van der Waals surface area contributed by atoms with Crippen molar-refractivity contribution in [2.75, 3.05) is 6.54 Å². The van der Waals surface area contributed by atoms with Gasteiger partial charge in [-0.2, -0.15) is 0 Å². The Morgan fingerprint density at radius 1 is 1.12 bits per heavy atom. The lowest BCUT2D eigenvalue weighted by molar-refractivity contribution is 0.0950. The number of aromatic nitrogens is 2. The van der Waals surface area contributed by atoms with Crippen LogP contribution in [0.5, 0.6) is 0 Å². The molecule has 3 aromatic rings. The van der Waals surface area contributed by atoms with Gasteiger partial charge in [-0.15, -0.1) is 0 Å². The summed E-state index contributed by atoms with van der Waals surface area (Å²) in [5, 5.41) is 12.1. The molecular weight excluding hydrogens is 333 g/mol. The maximum absolute atomic E-state index is 13.2. The maximum Gasteiger partial charge on any atom is 0.271 e. The van der Waals surface area contributed by atoms with E-state index in [1.807, 2.05) is 24.3 Å². The van der Waals surface area contributed by atoms with E-state index in [-0.39, 0.29) is 24.2 Å². The minimum absolute atomic E-state index is 0.0172. The number of carbonyl (C=O) groups excluding carboxylic acids is 1. The molecule has 26 heavy (non-hydrogen) atoms. The summed E-state index contributed by atoms with van der Waals surface area (Å²) in [4.78, 5) is 20.1. The van der Waals surface area contributed by atoms with Crippen molar-refractivity contribution in [2.24, 2.45) is 0 Å². The van der Waals surface area contributed by atoms with E-state index in [0.717, 1.165) is 22.4 Å². The normalized spacial score (nSPS) is 16.7. The summed E-state index contributed by atoms with van der Waals surface area (Å²) in [5.74, 6) is 0.182. The van der Waals surface area contributed by atoms with Crippen molar-refractivity contribution in [1.29, 1.82) is 0 Å². The van der Waals surface area contributed by atoms with E-state index in [0.29, 0.717) is 24.5 Å². The Hall–Kier alpha value is -2.99. The number of halogens is 1. The summed E-state index contributed by atoms with van der Waals surface area (Å²) in [6.45, 7) is 0.464. The van der Waals surface area contributed by atoms with Crippen LogP contribution in [-0.2, 0) is 13.0 Å². The Morgan fingerprint density at radius 3 is 2.54 bits per heavy atom. The SMILES string of the molecule is O=C1NC[C@H](c2ccc(F)cc2)Cc2[nH]c(-c3ccc(CO)cc3)nc21. The standard InChI is InChI=1S/C20H18FN3O2/c21-16-7-5-13(6-8-16)15-9-17-18(20(26)22-10-15)24-19(23-17)14-3-1-12(11-25)2-4-14/h1-8,15,25H,9-11H2,(H,22,26)(H,23,24)/t15-/m1/s1. The number of rotatable bonds is 3. The van der Waals surface area contributed by atoms with Crippen LogP contribution in [0.1, 0.15) is 33.2 Å². The third kappa shape index (κ3) is 3.11. The van der Waals surface area contributed by atoms with E-state index in [2.05, 4.69) is 15.3 Å². The maximum atomic E-state index is 13.2. The van der Waals surface area contributed by atoms with Crippen molar-refractivity contribution < 1.29 is 14.3 Å². The van der Waals surface area contributed by atoms with Gasteiger partial charge in [0, 0.05) is 23.7 Å². The van der Waals surface area contributed by atoms with Crippen molar-refractivity contribution in [3.8, 4) is 11.4 Å². The van der Waals surface area contributed by atoms with Crippen molar-refractivity contribution in [2.45, 2.75) is 18.9 Å². The minimum atomic E-state index is -0.276. The van der Waals surface area contributed by atoms with E-state index in [4.69, 9.17) is 5.11 Å². The molecule has 2 heterocycles. The molecule has 132 valence electrons. The molecule has 3 N–H and O–H groups in total. The van der Waals surface area contributed by atoms with Gasteiger partial charge >= 0.3 is 0 Å². The summed E-state index contributed by atoms with van der Waals surface area (Å²) in [6.07, 6.45) is 0.613. The van der Waals surface area contributed by atoms with Crippen LogP contribution in [0.15, 0.2) is 48.5 Å². The third-order valence-electron chi connectivity index (χ3n) is 4.70. The van der Waals surface area contributed by atoms with E-state index in [1.54, 1.807) is 12.1 Å². The summed E-state index contributed by atoms with van der Waals surface area (Å²) in [6, 6.07) is 13.7. The number of nitrogens with one attached hydrogen (secondary N) is 2. The molecule has 0 saturated carbocycles. The van der Waals surface area contributed by atoms with Gasteiger partial charge in [0.05, 0.1) is 6.61 Å². The van der Waals surface area contributed by atoms with Gasteiger partial charge in [0.15, 0.2) is 0 Å². The third-order valence-corrected chi connectivity index (χ3v) is 4.70. The second-order valence-corrected chi connectivity index (χ2v) is 6.43. The van der Waals surface area contributed by atoms with Crippen molar-refractivity contribution in [3.63, 3.8) is 0 Å². The first-order valence-corrected chi connectivity index (χ1v) is 8.47. The molecule has 0 spiro atoms. The highest BCUT2D eigenvalue weighted by atomic mass is 19.1. The number of carbonyl (C=O) groups is 1. The number of H-pyrrole nitrogens is 1. The number of imidazole rings is 1. The molecule has 1 atom stereocenters. The molecule has 5 nitrogen and oxygen atoms in total. The molecule has 1 aliphatic rings. The number of hydrogen-bond acceptors (Lipinski definition) is 3. The van der Waals surface area contributed by atoms with Crippen LogP contribution in [-0.4, -0.2) is 27.5 Å². The van der Waals surface area contributed by atoms with Gasteiger partial charge in [-0.25, -0.2) is 9.37 Å². The van der Waals surface area contributed by atoms with E-state index in [9.17, 15) is 9.18 Å². The largest absolute Gasteiger partial charge is 0.392 e. The highest BCUT2D eigenvalue weighted by Gasteiger charge is 2.26. The molecular formula is C20H18FN3O2. The number of aliphatic hydroxyl groups excluding tert-OH is 1. The molecule has 2 aromatic carbocycles. The first-order valence-electron chi connectivity index (χ1n) is 8.47. The molecule has 1 aliphatic heterocycles. The van der Waals surface area contributed by atoms with Crippen molar-refractivity contribution in [1.82, 2.24) is 15.3 Å². The van der Waals surface area contributed by atoms with Crippen LogP contribution >= 0.6 is 0 Å². The first-order chi connectivity index (χ1) is 12.6. The van der Waals surface area contributed by atoms with Crippen LogP contribution in [0.25, 0.3) is 11.4 Å². The quantitative estimate of drug-likeness (QED) is 0.679. The number of amides is 1. The van der Waals surface area contributed by atoms with E-state index < -0.39 is 0 Å². The second kappa shape index (κ2) is 6.72. The lowest BCUT2D eigenvalue weighted by Gasteiger charge is -2.14. The summed E-state index contributed by atoms with van der Waals surface area (Å²) in [5.41, 5.74) is 3.81. The highest BCUT2D eigenvalue weighted by molar-refractivity contribution is 5.94. The Bertz CT molecular complexity index is 933. The molecule has 0 bridgehead atoms. The number of fused-ring (bicyclic) bond motifs is 1. The minimum Gasteiger partial charge on any atom is -0.392 e. The van der Waals surface area contributed by atoms with E-state index in [1.165, 1.54) is 12.1 Å². The van der Waals surface area contributed by atoms with E-state index >= 15 is 0 Å². The molecule has 6 heteroatoms.